The zero-order chi connectivity index (χ0) is 13.7. The summed E-state index contributed by atoms with van der Waals surface area (Å²) in [6.45, 7) is 5.16. The molecule has 0 aliphatic carbocycles. The standard InChI is InChI=1S/C13H17NO4/c1-4-18-13(17)9(3)14-12(16)10-6-5-7-11(15)8(10)2/h5-7,9,15H,4H2,1-3H3,(H,14,16). The molecular weight excluding hydrogens is 234 g/mol. The summed E-state index contributed by atoms with van der Waals surface area (Å²) in [7, 11) is 0. The summed E-state index contributed by atoms with van der Waals surface area (Å²) in [6.07, 6.45) is 0. The smallest absolute Gasteiger partial charge is 0.328 e. The summed E-state index contributed by atoms with van der Waals surface area (Å²) in [5.74, 6) is -0.848. The number of nitrogens with one attached hydrogen (secondary N) is 1. The average Bonchev–Trinajstić information content (AvgIpc) is 2.32. The fourth-order valence-corrected chi connectivity index (χ4v) is 1.47. The maximum atomic E-state index is 11.9. The molecule has 0 radical (unpaired) electrons. The largest absolute Gasteiger partial charge is 0.508 e. The van der Waals surface area contributed by atoms with E-state index < -0.39 is 17.9 Å². The van der Waals surface area contributed by atoms with E-state index in [-0.39, 0.29) is 12.4 Å². The van der Waals surface area contributed by atoms with Crippen molar-refractivity contribution in [1.29, 1.82) is 0 Å². The van der Waals surface area contributed by atoms with Gasteiger partial charge in [0, 0.05) is 11.1 Å². The van der Waals surface area contributed by atoms with Crippen LogP contribution in [0.2, 0.25) is 0 Å². The second kappa shape index (κ2) is 6.05. The molecule has 1 rings (SSSR count). The number of hydrogen-bond acceptors (Lipinski definition) is 4. The lowest BCUT2D eigenvalue weighted by Gasteiger charge is -2.14. The molecule has 18 heavy (non-hydrogen) atoms. The molecule has 0 saturated heterocycles. The van der Waals surface area contributed by atoms with Crippen molar-refractivity contribution >= 4 is 11.9 Å². The van der Waals surface area contributed by atoms with Crippen molar-refractivity contribution in [3.05, 3.63) is 29.3 Å². The molecule has 0 spiro atoms. The van der Waals surface area contributed by atoms with E-state index >= 15 is 0 Å². The lowest BCUT2D eigenvalue weighted by atomic mass is 10.1. The van der Waals surface area contributed by atoms with E-state index in [1.165, 1.54) is 6.07 Å². The Labute approximate surface area is 106 Å². The van der Waals surface area contributed by atoms with Gasteiger partial charge >= 0.3 is 5.97 Å². The molecule has 0 aliphatic rings. The fraction of sp³-hybridized carbons (Fsp3) is 0.385. The number of carbonyl (C=O) groups is 2. The van der Waals surface area contributed by atoms with Crippen LogP contribution in [0.3, 0.4) is 0 Å². The summed E-state index contributed by atoms with van der Waals surface area (Å²) in [6, 6.07) is 3.94. The zero-order valence-electron chi connectivity index (χ0n) is 10.7. The van der Waals surface area contributed by atoms with Crippen LogP contribution < -0.4 is 5.32 Å². The molecule has 0 bridgehead atoms. The van der Waals surface area contributed by atoms with Crippen LogP contribution in [0.5, 0.6) is 5.75 Å². The molecule has 1 aromatic rings. The number of phenols is 1. The summed E-state index contributed by atoms with van der Waals surface area (Å²) < 4.78 is 4.79. The summed E-state index contributed by atoms with van der Waals surface area (Å²) in [5.41, 5.74) is 0.817. The van der Waals surface area contributed by atoms with Crippen molar-refractivity contribution in [3.63, 3.8) is 0 Å². The van der Waals surface area contributed by atoms with Gasteiger partial charge in [-0.2, -0.15) is 0 Å². The van der Waals surface area contributed by atoms with Crippen molar-refractivity contribution in [1.82, 2.24) is 5.32 Å². The molecule has 0 heterocycles. The number of phenolic OH excluding ortho intramolecular Hbond substituents is 1. The van der Waals surface area contributed by atoms with Crippen LogP contribution in [-0.4, -0.2) is 29.6 Å². The Morgan fingerprint density at radius 2 is 2.11 bits per heavy atom. The van der Waals surface area contributed by atoms with Crippen molar-refractivity contribution in [2.45, 2.75) is 26.8 Å². The monoisotopic (exact) mass is 251 g/mol. The van der Waals surface area contributed by atoms with Crippen LogP contribution in [0.15, 0.2) is 18.2 Å². The Hall–Kier alpha value is -2.04. The van der Waals surface area contributed by atoms with Gasteiger partial charge in [-0.1, -0.05) is 6.07 Å². The number of amides is 1. The van der Waals surface area contributed by atoms with E-state index in [9.17, 15) is 14.7 Å². The van der Waals surface area contributed by atoms with Gasteiger partial charge in [-0.3, -0.25) is 4.79 Å². The SMILES string of the molecule is CCOC(=O)C(C)NC(=O)c1cccc(O)c1C. The number of ether oxygens (including phenoxy) is 1. The highest BCUT2D eigenvalue weighted by Gasteiger charge is 2.19. The molecule has 1 aromatic carbocycles. The van der Waals surface area contributed by atoms with Gasteiger partial charge in [0.25, 0.3) is 5.91 Å². The van der Waals surface area contributed by atoms with E-state index in [1.807, 2.05) is 0 Å². The molecule has 1 atom stereocenters. The predicted octanol–water partition coefficient (Wildman–Crippen LogP) is 1.38. The first-order chi connectivity index (χ1) is 8.47. The molecule has 0 fully saturated rings. The summed E-state index contributed by atoms with van der Waals surface area (Å²) in [5, 5.41) is 12.0. The molecule has 5 heteroatoms. The van der Waals surface area contributed by atoms with Crippen molar-refractivity contribution < 1.29 is 19.4 Å². The molecule has 1 unspecified atom stereocenters. The van der Waals surface area contributed by atoms with Gasteiger partial charge in [-0.25, -0.2) is 4.79 Å². The van der Waals surface area contributed by atoms with Gasteiger partial charge < -0.3 is 15.2 Å². The second-order valence-electron chi connectivity index (χ2n) is 3.90. The first kappa shape index (κ1) is 14.0. The van der Waals surface area contributed by atoms with Crippen molar-refractivity contribution in [3.8, 4) is 5.75 Å². The van der Waals surface area contributed by atoms with E-state index in [4.69, 9.17) is 4.74 Å². The van der Waals surface area contributed by atoms with Gasteiger partial charge in [0.15, 0.2) is 0 Å². The highest BCUT2D eigenvalue weighted by molar-refractivity contribution is 5.98. The minimum atomic E-state index is -0.723. The van der Waals surface area contributed by atoms with E-state index in [2.05, 4.69) is 5.32 Å². The van der Waals surface area contributed by atoms with Crippen LogP contribution in [0.1, 0.15) is 29.8 Å². The molecule has 5 nitrogen and oxygen atoms in total. The Bertz CT molecular complexity index is 456. The fourth-order valence-electron chi connectivity index (χ4n) is 1.47. The number of rotatable bonds is 4. The molecule has 0 aliphatic heterocycles. The first-order valence-electron chi connectivity index (χ1n) is 5.73. The third-order valence-electron chi connectivity index (χ3n) is 2.54. The third-order valence-corrected chi connectivity index (χ3v) is 2.54. The second-order valence-corrected chi connectivity index (χ2v) is 3.90. The first-order valence-corrected chi connectivity index (χ1v) is 5.73. The van der Waals surface area contributed by atoms with Gasteiger partial charge in [-0.15, -0.1) is 0 Å². The Balaban J connectivity index is 2.77. The third kappa shape index (κ3) is 3.23. The van der Waals surface area contributed by atoms with Gasteiger partial charge in [0.2, 0.25) is 0 Å². The lowest BCUT2D eigenvalue weighted by molar-refractivity contribution is -0.144. The van der Waals surface area contributed by atoms with Gasteiger partial charge in [-0.05, 0) is 32.9 Å². The molecule has 2 N–H and O–H groups in total. The van der Waals surface area contributed by atoms with Crippen molar-refractivity contribution in [2.24, 2.45) is 0 Å². The van der Waals surface area contributed by atoms with Crippen LogP contribution in [-0.2, 0) is 9.53 Å². The number of hydrogen-bond donors (Lipinski definition) is 2. The number of esters is 1. The number of carbonyl (C=O) groups excluding carboxylic acids is 2. The van der Waals surface area contributed by atoms with Crippen LogP contribution in [0.25, 0.3) is 0 Å². The van der Waals surface area contributed by atoms with Gasteiger partial charge in [0.1, 0.15) is 11.8 Å². The van der Waals surface area contributed by atoms with E-state index in [0.29, 0.717) is 11.1 Å². The molecule has 98 valence electrons. The molecule has 1 amide bonds. The minimum Gasteiger partial charge on any atom is -0.508 e. The average molecular weight is 251 g/mol. The Morgan fingerprint density at radius 1 is 1.44 bits per heavy atom. The Morgan fingerprint density at radius 3 is 2.72 bits per heavy atom. The minimum absolute atomic E-state index is 0.0476. The Kier molecular flexibility index (Phi) is 4.71. The molecule has 0 aromatic heterocycles. The summed E-state index contributed by atoms with van der Waals surface area (Å²) in [4.78, 5) is 23.3. The topological polar surface area (TPSA) is 75.6 Å². The van der Waals surface area contributed by atoms with Crippen LogP contribution in [0.4, 0.5) is 0 Å². The van der Waals surface area contributed by atoms with Crippen molar-refractivity contribution in [2.75, 3.05) is 6.61 Å². The van der Waals surface area contributed by atoms with Crippen LogP contribution in [0, 0.1) is 6.92 Å². The van der Waals surface area contributed by atoms with Crippen LogP contribution >= 0.6 is 0 Å². The quantitative estimate of drug-likeness (QED) is 0.793. The molecular formula is C13H17NO4. The van der Waals surface area contributed by atoms with E-state index in [0.717, 1.165) is 0 Å². The zero-order valence-corrected chi connectivity index (χ0v) is 10.7. The lowest BCUT2D eigenvalue weighted by Crippen LogP contribution is -2.39. The number of aromatic hydroxyl groups is 1. The highest BCUT2D eigenvalue weighted by atomic mass is 16.5. The normalized spacial score (nSPS) is 11.7. The molecule has 0 saturated carbocycles. The maximum Gasteiger partial charge on any atom is 0.328 e. The van der Waals surface area contributed by atoms with E-state index in [1.54, 1.807) is 32.9 Å². The predicted molar refractivity (Wildman–Crippen MR) is 66.4 cm³/mol. The highest BCUT2D eigenvalue weighted by Crippen LogP contribution is 2.19. The maximum absolute atomic E-state index is 11.9. The van der Waals surface area contributed by atoms with Gasteiger partial charge in [0.05, 0.1) is 6.61 Å². The number of benzene rings is 1. The summed E-state index contributed by atoms with van der Waals surface area (Å²) >= 11 is 0.